The maximum atomic E-state index is 12.0. The summed E-state index contributed by atoms with van der Waals surface area (Å²) in [5.41, 5.74) is 5.87. The number of amides is 1. The largest absolute Gasteiger partial charge is 0.355 e. The summed E-state index contributed by atoms with van der Waals surface area (Å²) in [6.07, 6.45) is 2.35. The van der Waals surface area contributed by atoms with Gasteiger partial charge in [0.2, 0.25) is 5.91 Å². The number of aromatic nitrogens is 2. The molecule has 0 bridgehead atoms. The summed E-state index contributed by atoms with van der Waals surface area (Å²) < 4.78 is 2.04. The third kappa shape index (κ3) is 5.99. The fourth-order valence-corrected chi connectivity index (χ4v) is 3.04. The Bertz CT molecular complexity index is 704. The Kier molecular flexibility index (Phi) is 7.85. The lowest BCUT2D eigenvalue weighted by Crippen LogP contribution is -2.32. The van der Waals surface area contributed by atoms with E-state index >= 15 is 0 Å². The van der Waals surface area contributed by atoms with E-state index in [0.29, 0.717) is 13.0 Å². The van der Waals surface area contributed by atoms with Crippen molar-refractivity contribution >= 4 is 5.91 Å². The van der Waals surface area contributed by atoms with Gasteiger partial charge in [-0.1, -0.05) is 36.8 Å². The van der Waals surface area contributed by atoms with E-state index in [1.54, 1.807) is 0 Å². The van der Waals surface area contributed by atoms with Gasteiger partial charge in [0.05, 0.1) is 12.2 Å². The topological polar surface area (TPSA) is 58.9 Å². The Hall–Kier alpha value is -2.14. The second kappa shape index (κ2) is 10.1. The molecule has 1 aromatic carbocycles. The average Bonchev–Trinajstić information content (AvgIpc) is 2.88. The molecule has 142 valence electrons. The predicted molar refractivity (Wildman–Crippen MR) is 106 cm³/mol. The van der Waals surface area contributed by atoms with E-state index < -0.39 is 0 Å². The highest BCUT2D eigenvalue weighted by molar-refractivity contribution is 5.76. The average molecular weight is 357 g/mol. The Balaban J connectivity index is 1.87. The highest BCUT2D eigenvalue weighted by atomic mass is 16.1. The second-order valence-corrected chi connectivity index (χ2v) is 6.89. The van der Waals surface area contributed by atoms with Crippen LogP contribution in [0.15, 0.2) is 24.3 Å². The first-order valence-electron chi connectivity index (χ1n) is 9.57. The van der Waals surface area contributed by atoms with E-state index in [2.05, 4.69) is 60.8 Å². The highest BCUT2D eigenvalue weighted by Gasteiger charge is 2.13. The molecule has 1 amide bonds. The minimum Gasteiger partial charge on any atom is -0.355 e. The standard InChI is InChI=1S/C21H32N4O/c1-5-12-22-13-14-23-21(26)11-10-20-17(3)24-25(18(20)4)15-19-8-6-16(2)7-9-19/h6-9,22H,5,10-15H2,1-4H3,(H,23,26). The van der Waals surface area contributed by atoms with Gasteiger partial charge in [0.1, 0.15) is 0 Å². The quantitative estimate of drug-likeness (QED) is 0.644. The summed E-state index contributed by atoms with van der Waals surface area (Å²) in [5.74, 6) is 0.105. The molecule has 0 fully saturated rings. The van der Waals surface area contributed by atoms with Gasteiger partial charge < -0.3 is 10.6 Å². The van der Waals surface area contributed by atoms with Gasteiger partial charge in [0.25, 0.3) is 0 Å². The molecular formula is C21H32N4O. The summed E-state index contributed by atoms with van der Waals surface area (Å²) in [6, 6.07) is 8.54. The number of hydrogen-bond acceptors (Lipinski definition) is 3. The minimum atomic E-state index is 0.105. The van der Waals surface area contributed by atoms with Crippen LogP contribution in [0.25, 0.3) is 0 Å². The second-order valence-electron chi connectivity index (χ2n) is 6.89. The third-order valence-electron chi connectivity index (χ3n) is 4.64. The van der Waals surface area contributed by atoms with Gasteiger partial charge in [-0.2, -0.15) is 5.10 Å². The lowest BCUT2D eigenvalue weighted by atomic mass is 10.1. The summed E-state index contributed by atoms with van der Waals surface area (Å²) in [6.45, 7) is 11.6. The van der Waals surface area contributed by atoms with Crippen molar-refractivity contribution in [1.82, 2.24) is 20.4 Å². The molecule has 1 aromatic heterocycles. The Morgan fingerprint density at radius 1 is 1.08 bits per heavy atom. The molecule has 2 rings (SSSR count). The van der Waals surface area contributed by atoms with Crippen LogP contribution < -0.4 is 10.6 Å². The van der Waals surface area contributed by atoms with Gasteiger partial charge in [-0.15, -0.1) is 0 Å². The Morgan fingerprint density at radius 3 is 2.50 bits per heavy atom. The van der Waals surface area contributed by atoms with Crippen LogP contribution in [0.2, 0.25) is 0 Å². The highest BCUT2D eigenvalue weighted by Crippen LogP contribution is 2.17. The van der Waals surface area contributed by atoms with E-state index in [-0.39, 0.29) is 5.91 Å². The van der Waals surface area contributed by atoms with E-state index in [1.165, 1.54) is 16.7 Å². The number of aryl methyl sites for hydroxylation is 2. The molecule has 2 aromatic rings. The fourth-order valence-electron chi connectivity index (χ4n) is 3.04. The van der Waals surface area contributed by atoms with Gasteiger partial charge in [-0.25, -0.2) is 0 Å². The predicted octanol–water partition coefficient (Wildman–Crippen LogP) is 2.91. The molecule has 5 nitrogen and oxygen atoms in total. The van der Waals surface area contributed by atoms with Crippen molar-refractivity contribution < 1.29 is 4.79 Å². The third-order valence-corrected chi connectivity index (χ3v) is 4.64. The van der Waals surface area contributed by atoms with Crippen molar-refractivity contribution in [3.63, 3.8) is 0 Å². The number of benzene rings is 1. The molecule has 1 heterocycles. The van der Waals surface area contributed by atoms with E-state index in [9.17, 15) is 4.79 Å². The molecule has 0 saturated carbocycles. The summed E-state index contributed by atoms with van der Waals surface area (Å²) >= 11 is 0. The van der Waals surface area contributed by atoms with Crippen LogP contribution in [0.3, 0.4) is 0 Å². The first-order chi connectivity index (χ1) is 12.5. The van der Waals surface area contributed by atoms with Gasteiger partial charge in [-0.05, 0) is 51.3 Å². The SMILES string of the molecule is CCCNCCNC(=O)CCc1c(C)nn(Cc2ccc(C)cc2)c1C. The summed E-state index contributed by atoms with van der Waals surface area (Å²) in [4.78, 5) is 12.0. The molecule has 5 heteroatoms. The van der Waals surface area contributed by atoms with E-state index in [1.807, 2.05) is 11.6 Å². The number of hydrogen-bond donors (Lipinski definition) is 2. The molecule has 26 heavy (non-hydrogen) atoms. The maximum Gasteiger partial charge on any atom is 0.220 e. The lowest BCUT2D eigenvalue weighted by molar-refractivity contribution is -0.121. The van der Waals surface area contributed by atoms with E-state index in [0.717, 1.165) is 43.9 Å². The molecule has 0 atom stereocenters. The van der Waals surface area contributed by atoms with Crippen molar-refractivity contribution in [2.24, 2.45) is 0 Å². The first kappa shape index (κ1) is 20.2. The van der Waals surface area contributed by atoms with Crippen LogP contribution >= 0.6 is 0 Å². The summed E-state index contributed by atoms with van der Waals surface area (Å²) in [7, 11) is 0. The molecule has 0 unspecified atom stereocenters. The summed E-state index contributed by atoms with van der Waals surface area (Å²) in [5, 5.41) is 10.9. The molecule has 0 aliphatic rings. The molecule has 0 spiro atoms. The van der Waals surface area contributed by atoms with Crippen LogP contribution in [0.5, 0.6) is 0 Å². The van der Waals surface area contributed by atoms with Crippen LogP contribution in [-0.2, 0) is 17.8 Å². The lowest BCUT2D eigenvalue weighted by Gasteiger charge is -2.08. The van der Waals surface area contributed by atoms with Gasteiger partial charge in [0.15, 0.2) is 0 Å². The monoisotopic (exact) mass is 356 g/mol. The fraction of sp³-hybridized carbons (Fsp3) is 0.524. The Labute approximate surface area is 157 Å². The van der Waals surface area contributed by atoms with Gasteiger partial charge >= 0.3 is 0 Å². The molecule has 0 saturated heterocycles. The Morgan fingerprint density at radius 2 is 1.81 bits per heavy atom. The van der Waals surface area contributed by atoms with Crippen LogP contribution in [0.4, 0.5) is 0 Å². The molecule has 0 aliphatic carbocycles. The number of rotatable bonds is 10. The van der Waals surface area contributed by atoms with Crippen molar-refractivity contribution in [2.75, 3.05) is 19.6 Å². The van der Waals surface area contributed by atoms with Crippen molar-refractivity contribution in [3.05, 3.63) is 52.3 Å². The number of nitrogens with one attached hydrogen (secondary N) is 2. The van der Waals surface area contributed by atoms with Gasteiger partial charge in [-0.3, -0.25) is 9.48 Å². The molecule has 0 radical (unpaired) electrons. The molecule has 2 N–H and O–H groups in total. The van der Waals surface area contributed by atoms with Crippen molar-refractivity contribution in [3.8, 4) is 0 Å². The van der Waals surface area contributed by atoms with Crippen molar-refractivity contribution in [2.45, 2.75) is 53.5 Å². The van der Waals surface area contributed by atoms with Gasteiger partial charge in [0, 0.05) is 25.2 Å². The van der Waals surface area contributed by atoms with Crippen LogP contribution in [0, 0.1) is 20.8 Å². The number of carbonyl (C=O) groups excluding carboxylic acids is 1. The minimum absolute atomic E-state index is 0.105. The first-order valence-corrected chi connectivity index (χ1v) is 9.57. The van der Waals surface area contributed by atoms with Crippen LogP contribution in [0.1, 0.15) is 47.8 Å². The van der Waals surface area contributed by atoms with Crippen LogP contribution in [-0.4, -0.2) is 35.3 Å². The zero-order valence-corrected chi connectivity index (χ0v) is 16.6. The van der Waals surface area contributed by atoms with E-state index in [4.69, 9.17) is 0 Å². The molecule has 0 aliphatic heterocycles. The normalized spacial score (nSPS) is 10.9. The zero-order chi connectivity index (χ0) is 18.9. The maximum absolute atomic E-state index is 12.0. The number of carbonyl (C=O) groups is 1. The smallest absolute Gasteiger partial charge is 0.220 e. The zero-order valence-electron chi connectivity index (χ0n) is 16.6. The number of nitrogens with zero attached hydrogens (tertiary/aromatic N) is 2. The van der Waals surface area contributed by atoms with Crippen molar-refractivity contribution in [1.29, 1.82) is 0 Å². The molecular weight excluding hydrogens is 324 g/mol.